The summed E-state index contributed by atoms with van der Waals surface area (Å²) in [6.45, 7) is 8.57. The molecule has 4 aliphatic rings. The van der Waals surface area contributed by atoms with Crippen LogP contribution in [0.15, 0.2) is 58.5 Å². The Morgan fingerprint density at radius 3 is 2.41 bits per heavy atom. The monoisotopic (exact) mass is 902 g/mol. The third-order valence-corrected chi connectivity index (χ3v) is 12.9. The second-order valence-corrected chi connectivity index (χ2v) is 17.6. The number of nitrogens with two attached hydrogens (primary N) is 1. The Balaban J connectivity index is 1.29. The van der Waals surface area contributed by atoms with Gasteiger partial charge < -0.3 is 61.1 Å². The van der Waals surface area contributed by atoms with Gasteiger partial charge in [-0.3, -0.25) is 19.2 Å². The predicted molar refractivity (Wildman–Crippen MR) is 236 cm³/mol. The quantitative estimate of drug-likeness (QED) is 0.0451. The first-order chi connectivity index (χ1) is 30.1. The lowest BCUT2D eigenvalue weighted by atomic mass is 9.85. The van der Waals surface area contributed by atoms with E-state index in [9.17, 15) is 33.9 Å². The Morgan fingerprint density at radius 2 is 1.71 bits per heavy atom. The first-order valence-electron chi connectivity index (χ1n) is 21.6. The van der Waals surface area contributed by atoms with Crippen LogP contribution in [0.4, 0.5) is 9.59 Å². The van der Waals surface area contributed by atoms with Crippen LogP contribution in [0.1, 0.15) is 66.2 Å². The topological polar surface area (TPSA) is 255 Å². The van der Waals surface area contributed by atoms with E-state index < -0.39 is 53.9 Å². The number of unbranched alkanes of at least 4 members (excludes halogenated alkanes) is 1. The Kier molecular flexibility index (Phi) is 20.8. The number of carbonyl (C=O) groups is 6. The lowest BCUT2D eigenvalue weighted by Gasteiger charge is -2.30. The molecule has 2 saturated heterocycles. The zero-order valence-corrected chi connectivity index (χ0v) is 38.0. The molecule has 19 heteroatoms. The molecule has 0 aromatic rings. The van der Waals surface area contributed by atoms with Crippen molar-refractivity contribution >= 4 is 47.3 Å². The van der Waals surface area contributed by atoms with Crippen molar-refractivity contribution in [2.75, 3.05) is 59.5 Å². The first kappa shape index (κ1) is 51.1. The van der Waals surface area contributed by atoms with Crippen molar-refractivity contribution in [3.05, 3.63) is 58.5 Å². The number of hydrogen-bond donors (Lipinski definition) is 7. The van der Waals surface area contributed by atoms with E-state index in [0.29, 0.717) is 36.8 Å². The molecule has 5 amide bonds. The molecule has 9 atom stereocenters. The number of ketones is 2. The summed E-state index contributed by atoms with van der Waals surface area (Å²) in [4.78, 5) is 76.5. The Morgan fingerprint density at radius 1 is 0.984 bits per heavy atom. The summed E-state index contributed by atoms with van der Waals surface area (Å²) in [5.74, 6) is -1.50. The number of allylic oxidation sites excluding steroid dienone is 4. The maximum absolute atomic E-state index is 14.0. The molecule has 0 radical (unpaired) electrons. The molecule has 2 fully saturated rings. The zero-order chi connectivity index (χ0) is 46.1. The summed E-state index contributed by atoms with van der Waals surface area (Å²) in [5.41, 5.74) is 6.28. The fourth-order valence-corrected chi connectivity index (χ4v) is 9.52. The van der Waals surface area contributed by atoms with E-state index in [2.05, 4.69) is 26.6 Å². The third kappa shape index (κ3) is 15.6. The van der Waals surface area contributed by atoms with Crippen LogP contribution in [0, 0.1) is 11.8 Å². The van der Waals surface area contributed by atoms with Gasteiger partial charge in [0.1, 0.15) is 6.10 Å². The number of hydrogen-bond acceptors (Lipinski definition) is 14. The van der Waals surface area contributed by atoms with Gasteiger partial charge in [0.15, 0.2) is 6.10 Å². The van der Waals surface area contributed by atoms with Gasteiger partial charge in [0, 0.05) is 67.9 Å². The Labute approximate surface area is 374 Å². The molecular formula is C44H66N6O12S. The van der Waals surface area contributed by atoms with Crippen LogP contribution in [-0.2, 0) is 42.9 Å². The van der Waals surface area contributed by atoms with Gasteiger partial charge in [0.2, 0.25) is 17.5 Å². The van der Waals surface area contributed by atoms with Crippen LogP contribution in [0.3, 0.4) is 0 Å². The maximum atomic E-state index is 14.0. The number of methoxy groups -OCH3 is 2. The van der Waals surface area contributed by atoms with Gasteiger partial charge in [-0.15, -0.1) is 0 Å². The molecule has 1 aliphatic carbocycles. The minimum Gasteiger partial charge on any atom is -0.439 e. The van der Waals surface area contributed by atoms with Crippen LogP contribution < -0.4 is 32.3 Å². The molecule has 350 valence electrons. The molecule has 0 spiro atoms. The number of nitrogens with one attached hydrogen (secondary N) is 5. The number of aliphatic hydroxyl groups is 1. The van der Waals surface area contributed by atoms with Crippen LogP contribution in [-0.4, -0.2) is 142 Å². The first-order valence-corrected chi connectivity index (χ1v) is 22.6. The van der Waals surface area contributed by atoms with E-state index in [0.717, 1.165) is 31.1 Å². The molecular weight excluding hydrogens is 837 g/mol. The van der Waals surface area contributed by atoms with Crippen molar-refractivity contribution in [3.63, 3.8) is 0 Å². The van der Waals surface area contributed by atoms with E-state index in [1.807, 2.05) is 18.7 Å². The van der Waals surface area contributed by atoms with Crippen molar-refractivity contribution in [2.45, 2.75) is 108 Å². The van der Waals surface area contributed by atoms with Gasteiger partial charge in [-0.05, 0) is 51.0 Å². The van der Waals surface area contributed by atoms with E-state index in [1.165, 1.54) is 27.2 Å². The number of primary amides is 1. The number of Topliss-reactive ketones (excluding diaryl/α,β-unsaturated/α-hetero) is 1. The fraction of sp³-hybridized carbons (Fsp3) is 0.636. The number of ether oxygens (including phenoxy) is 5. The molecule has 8 N–H and O–H groups in total. The molecule has 0 saturated carbocycles. The van der Waals surface area contributed by atoms with Gasteiger partial charge in [-0.1, -0.05) is 44.6 Å². The van der Waals surface area contributed by atoms with Crippen LogP contribution in [0.2, 0.25) is 0 Å². The zero-order valence-electron chi connectivity index (χ0n) is 37.2. The van der Waals surface area contributed by atoms with Crippen molar-refractivity contribution in [3.8, 4) is 0 Å². The highest BCUT2D eigenvalue weighted by molar-refractivity contribution is 8.00. The predicted octanol–water partition coefficient (Wildman–Crippen LogP) is 2.23. The van der Waals surface area contributed by atoms with E-state index in [1.54, 1.807) is 32.1 Å². The standard InChI is InChI=1S/C44H66N6O12S/c1-25-20-29-37(47-15-17-61-19-18-60-16-14-46-36(52)13-8-7-12-35-38-31(24-63-35)49-44(57)50-38)32(51)23-30(40(29)54)48-42(55)26(2)10-9-11-33(58-5)41(62-43(45)56)28(4)22-27(3)39(53)34(21-25)59-6/h9-11,22-23,25,27,31,33-35,38-39,41,47,53H,7-8,12-21,24H2,1-6H3,(H2,45,56)(H,46,52)(H,48,55)(H2,49,50,57)/b11-9-,26-10+,28-22+/t25-,27+,31+,33+,34+,35?,38+,39-,41+/m1/s1. The van der Waals surface area contributed by atoms with Crippen LogP contribution in [0.25, 0.3) is 0 Å². The largest absolute Gasteiger partial charge is 0.439 e. The summed E-state index contributed by atoms with van der Waals surface area (Å²) in [6, 6.07) is 0.272. The number of carbonyl (C=O) groups excluding carboxylic acids is 6. The molecule has 3 heterocycles. The second kappa shape index (κ2) is 25.7. The highest BCUT2D eigenvalue weighted by Gasteiger charge is 2.42. The number of rotatable bonds is 18. The van der Waals surface area contributed by atoms with Gasteiger partial charge in [0.05, 0.1) is 62.1 Å². The summed E-state index contributed by atoms with van der Waals surface area (Å²) in [7, 11) is 2.90. The summed E-state index contributed by atoms with van der Waals surface area (Å²) < 4.78 is 28.0. The molecule has 3 aliphatic heterocycles. The number of thioether (sulfide) groups is 1. The molecule has 2 bridgehead atoms. The minimum atomic E-state index is -1.02. The molecule has 0 aromatic heterocycles. The lowest BCUT2D eigenvalue weighted by molar-refractivity contribution is -0.121. The Bertz CT molecular complexity index is 1800. The summed E-state index contributed by atoms with van der Waals surface area (Å²) >= 11 is 1.87. The second-order valence-electron chi connectivity index (χ2n) is 16.3. The van der Waals surface area contributed by atoms with E-state index >= 15 is 0 Å². The van der Waals surface area contributed by atoms with Crippen molar-refractivity contribution < 1.29 is 57.6 Å². The number of aliphatic hydroxyl groups excluding tert-OH is 1. The average Bonchev–Trinajstić information content (AvgIpc) is 3.80. The number of amides is 5. The van der Waals surface area contributed by atoms with Crippen LogP contribution in [0.5, 0.6) is 0 Å². The van der Waals surface area contributed by atoms with E-state index in [4.69, 9.17) is 29.4 Å². The average molecular weight is 903 g/mol. The van der Waals surface area contributed by atoms with Gasteiger partial charge in [0.25, 0.3) is 5.91 Å². The maximum Gasteiger partial charge on any atom is 0.405 e. The molecule has 1 unspecified atom stereocenters. The SMILES string of the molecule is CO[C@H]1/C=C\C=C(/C)C(=O)NC2=CC(=O)C(NCCOCCOCCNC(=O)CCCCC3SC[C@@H]4NC(=O)N[C@H]34)=C(C[C@@H](C)C[C@H](OC)[C@H](O)[C@@H](C)/C=C(\C)[C@@H]1OC(N)=O)C2=O. The number of fused-ring (bicyclic) bond motifs is 3. The molecule has 63 heavy (non-hydrogen) atoms. The number of urea groups is 1. The van der Waals surface area contributed by atoms with Crippen molar-refractivity contribution in [1.29, 1.82) is 0 Å². The van der Waals surface area contributed by atoms with Crippen molar-refractivity contribution in [1.82, 2.24) is 26.6 Å². The summed E-state index contributed by atoms with van der Waals surface area (Å²) in [5, 5.41) is 26.3. The highest BCUT2D eigenvalue weighted by Crippen LogP contribution is 2.33. The molecule has 0 aromatic carbocycles. The van der Waals surface area contributed by atoms with Gasteiger partial charge in [-0.25, -0.2) is 9.59 Å². The highest BCUT2D eigenvalue weighted by atomic mass is 32.2. The Hall–Kier alpha value is -4.53. The lowest BCUT2D eigenvalue weighted by Crippen LogP contribution is -2.38. The fourth-order valence-electron chi connectivity index (χ4n) is 7.97. The van der Waals surface area contributed by atoms with E-state index in [-0.39, 0.29) is 85.3 Å². The molecule has 18 nitrogen and oxygen atoms in total. The van der Waals surface area contributed by atoms with Crippen LogP contribution >= 0.6 is 11.8 Å². The minimum absolute atomic E-state index is 0.0324. The van der Waals surface area contributed by atoms with Gasteiger partial charge >= 0.3 is 12.1 Å². The molecule has 4 rings (SSSR count). The van der Waals surface area contributed by atoms with Crippen molar-refractivity contribution in [2.24, 2.45) is 17.6 Å². The summed E-state index contributed by atoms with van der Waals surface area (Å²) in [6.07, 6.45) is 6.49. The third-order valence-electron chi connectivity index (χ3n) is 11.4. The van der Waals surface area contributed by atoms with Gasteiger partial charge in [-0.2, -0.15) is 11.8 Å². The normalized spacial score (nSPS) is 30.5. The smallest absolute Gasteiger partial charge is 0.405 e.